The maximum atomic E-state index is 14.2. The minimum Gasteiger partial charge on any atom is -0.462 e. The van der Waals surface area contributed by atoms with Crippen LogP contribution in [0.15, 0.2) is 12.2 Å². The van der Waals surface area contributed by atoms with E-state index in [0.717, 1.165) is 57.8 Å². The smallest absolute Gasteiger partial charge is 0.306 e. The van der Waals surface area contributed by atoms with Crippen LogP contribution in [0.5, 0.6) is 0 Å². The van der Waals surface area contributed by atoms with Crippen LogP contribution in [0, 0.1) is 46.3 Å². The minimum absolute atomic E-state index is 0.0127. The number of esters is 1. The van der Waals surface area contributed by atoms with Gasteiger partial charge in [-0.2, -0.15) is 0 Å². The number of unbranched alkanes of at least 4 members (excludes halogenated alkanes) is 14. The van der Waals surface area contributed by atoms with Crippen LogP contribution >= 0.6 is 0 Å². The number of rotatable bonds is 75. The predicted octanol–water partition coefficient (Wildman–Crippen LogP) is 2.93. The van der Waals surface area contributed by atoms with Crippen LogP contribution in [0.2, 0.25) is 0 Å². The van der Waals surface area contributed by atoms with E-state index in [0.29, 0.717) is 106 Å². The predicted molar refractivity (Wildman–Crippen MR) is 528 cm³/mol. The number of hydrogen-bond acceptors (Lipinski definition) is 32. The summed E-state index contributed by atoms with van der Waals surface area (Å²) in [6, 6.07) is 0. The van der Waals surface area contributed by atoms with Gasteiger partial charge in [0.2, 0.25) is 53.2 Å². The average molecular weight is 2060 g/mol. The second-order valence-corrected chi connectivity index (χ2v) is 41.3. The van der Waals surface area contributed by atoms with Gasteiger partial charge in [-0.25, -0.2) is 0 Å². The molecule has 0 aromatic rings. The molecule has 3 saturated heterocycles. The quantitative estimate of drug-likeness (QED) is 0.0236. The Bertz CT molecular complexity index is 3500. The van der Waals surface area contributed by atoms with Crippen molar-refractivity contribution in [2.75, 3.05) is 132 Å². The fourth-order valence-electron chi connectivity index (χ4n) is 21.7. The van der Waals surface area contributed by atoms with Crippen molar-refractivity contribution in [3.8, 4) is 0 Å². The Morgan fingerprint density at radius 3 is 1.17 bits per heavy atom. The molecular weight excluding hydrogens is 1880 g/mol. The summed E-state index contributed by atoms with van der Waals surface area (Å²) < 4.78 is 57.1. The Balaban J connectivity index is 0.860. The Hall–Kier alpha value is -6.40. The molecule has 830 valence electrons. The molecule has 0 aromatic heterocycles. The SMILES string of the molecule is CCCCCCCC/C=C\CCCCCCCC(=O)O[C@H]1CC[C@@]2(C)C(CC[C@H]3[C@@H]4CC[C@H](C(C)CCC(=O)NCCCC(=O)NCC(=O)NC(COCCC(=O)NCCCNC(=O)CCCCO[C@@H]5O[C@H](CO)[C@H](O)[C@@H](O)[C@H]5O)(COCCC(=O)NCCCNC(=O)CCCCO[C@@H]5O[C@H](CO)[C@H](O)[C@@H](O)[C@H]5O)COCCC(=O)NCCCNC(=O)CCCCO[C@@H]5O[C@H](CO)[C@H](O)[C@@H](O)[C@H]5O)[C@@]4(C)CC[C@@H]32)C1. The van der Waals surface area contributed by atoms with E-state index in [-0.39, 0.29) is 203 Å². The van der Waals surface area contributed by atoms with E-state index < -0.39 is 154 Å². The maximum absolute atomic E-state index is 14.2. The van der Waals surface area contributed by atoms with Gasteiger partial charge in [0.1, 0.15) is 84.9 Å². The minimum atomic E-state index is -1.60. The first-order chi connectivity index (χ1) is 69.3. The summed E-state index contributed by atoms with van der Waals surface area (Å²) >= 11 is 0. The van der Waals surface area contributed by atoms with Crippen LogP contribution < -0.4 is 47.9 Å². The van der Waals surface area contributed by atoms with Crippen LogP contribution in [0.4, 0.5) is 0 Å². The zero-order valence-corrected chi connectivity index (χ0v) is 86.2. The van der Waals surface area contributed by atoms with Crippen LogP contribution in [0.3, 0.4) is 0 Å². The van der Waals surface area contributed by atoms with Gasteiger partial charge in [0.25, 0.3) is 0 Å². The number of fused-ring (bicyclic) bond motifs is 5. The molecule has 7 aliphatic rings. The molecule has 0 spiro atoms. The molecule has 7 fully saturated rings. The molecule has 9 amide bonds. The lowest BCUT2D eigenvalue weighted by Gasteiger charge is -2.61. The van der Waals surface area contributed by atoms with Crippen LogP contribution in [0.1, 0.15) is 297 Å². The third-order valence-corrected chi connectivity index (χ3v) is 30.2. The summed E-state index contributed by atoms with van der Waals surface area (Å²) in [6.07, 6.45) is 14.6. The summed E-state index contributed by atoms with van der Waals surface area (Å²) in [4.78, 5) is 132. The topological polar surface area (TPSA) is 614 Å². The van der Waals surface area contributed by atoms with Gasteiger partial charge in [0.15, 0.2) is 18.9 Å². The molecular formula is C103H181N9O32. The fraction of sp³-hybridized carbons (Fsp3) is 0.883. The molecule has 0 radical (unpaired) electrons. The molecule has 0 bridgehead atoms. The molecule has 3 heterocycles. The van der Waals surface area contributed by atoms with E-state index in [1.165, 1.54) is 89.9 Å². The van der Waals surface area contributed by atoms with Crippen molar-refractivity contribution >= 4 is 59.1 Å². The second-order valence-electron chi connectivity index (χ2n) is 41.3. The molecule has 2 unspecified atom stereocenters. The van der Waals surface area contributed by atoms with Gasteiger partial charge in [-0.05, 0) is 207 Å². The highest BCUT2D eigenvalue weighted by Crippen LogP contribution is 2.68. The highest BCUT2D eigenvalue weighted by molar-refractivity contribution is 5.85. The molecule has 144 heavy (non-hydrogen) atoms. The van der Waals surface area contributed by atoms with Gasteiger partial charge < -0.3 is 156 Å². The number of amides is 9. The summed E-state index contributed by atoms with van der Waals surface area (Å²) in [6.45, 7) is 7.16. The number of nitrogens with one attached hydrogen (secondary N) is 9. The largest absolute Gasteiger partial charge is 0.462 e. The highest BCUT2D eigenvalue weighted by atomic mass is 16.7. The van der Waals surface area contributed by atoms with Gasteiger partial charge in [-0.3, -0.25) is 47.9 Å². The van der Waals surface area contributed by atoms with Crippen molar-refractivity contribution in [2.24, 2.45) is 46.3 Å². The Labute approximate surface area is 850 Å². The van der Waals surface area contributed by atoms with Gasteiger partial charge in [0, 0.05) is 123 Å². The van der Waals surface area contributed by atoms with Gasteiger partial charge in [-0.1, -0.05) is 91.2 Å². The highest BCUT2D eigenvalue weighted by Gasteiger charge is 2.61. The second kappa shape index (κ2) is 69.1. The van der Waals surface area contributed by atoms with E-state index in [4.69, 9.17) is 47.4 Å². The number of aliphatic hydroxyl groups excluding tert-OH is 12. The molecule has 4 saturated carbocycles. The van der Waals surface area contributed by atoms with E-state index in [1.807, 2.05) is 0 Å². The summed E-state index contributed by atoms with van der Waals surface area (Å²) in [5.74, 6) is 0.00911. The molecule has 3 aliphatic heterocycles. The Morgan fingerprint density at radius 2 is 0.736 bits per heavy atom. The third-order valence-electron chi connectivity index (χ3n) is 30.2. The number of carbonyl (C=O) groups excluding carboxylic acids is 10. The first-order valence-electron chi connectivity index (χ1n) is 54.1. The molecule has 4 aliphatic carbocycles. The average Bonchev–Trinajstić information content (AvgIpc) is 1.48. The lowest BCUT2D eigenvalue weighted by molar-refractivity contribution is -0.301. The molecule has 21 N–H and O–H groups in total. The molecule has 0 aromatic carbocycles. The lowest BCUT2D eigenvalue weighted by Crippen LogP contribution is -2.60. The van der Waals surface area contributed by atoms with E-state index >= 15 is 0 Å². The molecule has 24 atom stereocenters. The van der Waals surface area contributed by atoms with E-state index in [1.54, 1.807) is 0 Å². The van der Waals surface area contributed by atoms with Crippen LogP contribution in [-0.2, 0) is 95.3 Å². The van der Waals surface area contributed by atoms with Crippen molar-refractivity contribution in [1.82, 2.24) is 47.9 Å². The number of ether oxygens (including phenoxy) is 10. The number of carbonyl (C=O) groups is 10. The monoisotopic (exact) mass is 2060 g/mol. The van der Waals surface area contributed by atoms with Crippen LogP contribution in [0.25, 0.3) is 0 Å². The summed E-state index contributed by atoms with van der Waals surface area (Å²) in [5, 5.41) is 145. The molecule has 7 rings (SSSR count). The van der Waals surface area contributed by atoms with Crippen molar-refractivity contribution in [3.05, 3.63) is 12.2 Å². The Kier molecular flexibility index (Phi) is 59.8. The standard InChI is InChI=1S/C103H181N9O32/c1-5-6-7-8-9-10-11-12-13-14-15-16-17-18-19-34-88(125)141-71-41-46-101(3)70(61-71)36-37-72-74-39-38-73(102(74,4)47-42-75(72)101)69(2)35-40-83(120)104-48-26-33-82(119)111-62-87(124)112-103(66-135-58-43-84(121)108-52-27-49-105-79(116)30-20-23-55-138-98-95(132)92(129)89(126)76(63-113)142-98,67-136-59-44-85(122)109-53-28-50-106-80(117)31-21-24-56-139-99-96(133)93(130)90(127)77(64-114)143-99)68-137-60-45-86(123)110-54-29-51-107-81(118)32-22-25-57-140-100-97(134)94(131)91(128)78(65-115)144-100/h12-13,69-78,89-100,113-115,126-134H,5-11,14-68H2,1-4H3,(H,104,120)(H,105,116)(H,106,117)(H,107,118)(H,108,121)(H,109,122)(H,110,123)(H,111,119)(H,112,124)/b13-12-/t69?,70?,71-,72-,73+,74-,75-,76+,77+,78+,89-,90-,91-,92+,93+,94+,95+,96+,97+,98+,99+,100+,101-,102+/m0/s1. The fourth-order valence-corrected chi connectivity index (χ4v) is 21.7. The third kappa shape index (κ3) is 43.9. The maximum Gasteiger partial charge on any atom is 0.306 e. The van der Waals surface area contributed by atoms with Crippen molar-refractivity contribution in [3.63, 3.8) is 0 Å². The Morgan fingerprint density at radius 1 is 0.368 bits per heavy atom. The first-order valence-corrected chi connectivity index (χ1v) is 54.1. The van der Waals surface area contributed by atoms with Crippen LogP contribution in [-0.4, -0.2) is 356 Å². The van der Waals surface area contributed by atoms with E-state index in [2.05, 4.69) is 87.7 Å². The van der Waals surface area contributed by atoms with Gasteiger partial charge in [0.05, 0.1) is 66.0 Å². The van der Waals surface area contributed by atoms with Crippen molar-refractivity contribution in [2.45, 2.75) is 401 Å². The zero-order chi connectivity index (χ0) is 105. The van der Waals surface area contributed by atoms with Gasteiger partial charge >= 0.3 is 5.97 Å². The summed E-state index contributed by atoms with van der Waals surface area (Å²) in [7, 11) is 0. The zero-order valence-electron chi connectivity index (χ0n) is 86.2. The number of aliphatic hydroxyl groups is 12. The lowest BCUT2D eigenvalue weighted by atomic mass is 9.44. The molecule has 41 nitrogen and oxygen atoms in total. The number of hydrogen-bond donors (Lipinski definition) is 21. The van der Waals surface area contributed by atoms with E-state index in [9.17, 15) is 109 Å². The molecule has 41 heteroatoms. The normalized spacial score (nSPS) is 28.5. The van der Waals surface area contributed by atoms with Gasteiger partial charge in [-0.15, -0.1) is 0 Å². The first kappa shape index (κ1) is 125. The van der Waals surface area contributed by atoms with Crippen molar-refractivity contribution < 1.29 is 157 Å². The summed E-state index contributed by atoms with van der Waals surface area (Å²) in [5.41, 5.74) is -1.17. The number of allylic oxidation sites excluding steroid dienone is 2. The van der Waals surface area contributed by atoms with Crippen molar-refractivity contribution in [1.29, 1.82) is 0 Å².